The maximum absolute atomic E-state index is 12.1. The van der Waals surface area contributed by atoms with Gasteiger partial charge in [-0.05, 0) is 23.4 Å². The van der Waals surface area contributed by atoms with Gasteiger partial charge in [0.15, 0.2) is 0 Å². The van der Waals surface area contributed by atoms with Gasteiger partial charge in [0.05, 0.1) is 18.6 Å². The van der Waals surface area contributed by atoms with Gasteiger partial charge in [0.25, 0.3) is 0 Å². The van der Waals surface area contributed by atoms with E-state index in [0.29, 0.717) is 6.42 Å². The van der Waals surface area contributed by atoms with Gasteiger partial charge < -0.3 is 4.74 Å². The normalized spacial score (nSPS) is 11.1. The first-order valence-electron chi connectivity index (χ1n) is 6.22. The molecular formula is C14H15NO4S2. The molecule has 2 aromatic rings. The lowest BCUT2D eigenvalue weighted by molar-refractivity contribution is 0.0607. The van der Waals surface area contributed by atoms with Gasteiger partial charge in [-0.3, -0.25) is 4.72 Å². The maximum Gasteiger partial charge on any atom is 0.350 e. The summed E-state index contributed by atoms with van der Waals surface area (Å²) >= 11 is 1.14. The Balaban J connectivity index is 2.05. The van der Waals surface area contributed by atoms with E-state index in [1.54, 1.807) is 11.4 Å². The first kappa shape index (κ1) is 15.5. The third-order valence-electron chi connectivity index (χ3n) is 2.80. The van der Waals surface area contributed by atoms with Crippen LogP contribution < -0.4 is 4.72 Å². The molecule has 7 heteroatoms. The fourth-order valence-corrected chi connectivity index (χ4v) is 3.70. The van der Waals surface area contributed by atoms with Crippen LogP contribution in [0.25, 0.3) is 0 Å². The summed E-state index contributed by atoms with van der Waals surface area (Å²) in [5.74, 6) is -0.598. The molecule has 5 nitrogen and oxygen atoms in total. The van der Waals surface area contributed by atoms with Gasteiger partial charge in [0.2, 0.25) is 10.0 Å². The molecule has 0 unspecified atom stereocenters. The summed E-state index contributed by atoms with van der Waals surface area (Å²) in [5, 5.41) is 1.64. The number of carbonyl (C=O) groups is 1. The van der Waals surface area contributed by atoms with E-state index in [0.717, 1.165) is 16.9 Å². The number of nitrogens with one attached hydrogen (secondary N) is 1. The van der Waals surface area contributed by atoms with E-state index in [4.69, 9.17) is 0 Å². The minimum absolute atomic E-state index is 0.0481. The second-order valence-corrected chi connectivity index (χ2v) is 7.07. The highest BCUT2D eigenvalue weighted by Crippen LogP contribution is 2.24. The standard InChI is InChI=1S/C14H15NO4S2/c1-19-14(16)13-12(7-9-20-13)15-21(17,18)10-8-11-5-3-2-4-6-11/h2-7,9,15H,8,10H2,1H3. The highest BCUT2D eigenvalue weighted by Gasteiger charge is 2.18. The lowest BCUT2D eigenvalue weighted by Gasteiger charge is -2.08. The van der Waals surface area contributed by atoms with Crippen molar-refractivity contribution in [3.05, 3.63) is 52.2 Å². The smallest absolute Gasteiger partial charge is 0.350 e. The number of hydrogen-bond acceptors (Lipinski definition) is 5. The molecule has 1 aromatic carbocycles. The van der Waals surface area contributed by atoms with E-state index < -0.39 is 16.0 Å². The third-order valence-corrected chi connectivity index (χ3v) is 4.97. The van der Waals surface area contributed by atoms with Crippen molar-refractivity contribution < 1.29 is 17.9 Å². The topological polar surface area (TPSA) is 72.5 Å². The summed E-state index contributed by atoms with van der Waals surface area (Å²) in [5.41, 5.74) is 1.21. The van der Waals surface area contributed by atoms with Crippen molar-refractivity contribution in [3.8, 4) is 0 Å². The minimum Gasteiger partial charge on any atom is -0.465 e. The summed E-state index contributed by atoms with van der Waals surface area (Å²) in [7, 11) is -2.26. The van der Waals surface area contributed by atoms with E-state index in [1.807, 2.05) is 30.3 Å². The number of aryl methyl sites for hydroxylation is 1. The monoisotopic (exact) mass is 325 g/mol. The lowest BCUT2D eigenvalue weighted by atomic mass is 10.2. The third kappa shape index (κ3) is 4.30. The van der Waals surface area contributed by atoms with Gasteiger partial charge in [0.1, 0.15) is 4.88 Å². The van der Waals surface area contributed by atoms with Crippen LogP contribution in [-0.4, -0.2) is 27.2 Å². The van der Waals surface area contributed by atoms with Gasteiger partial charge in [-0.25, -0.2) is 13.2 Å². The van der Waals surface area contributed by atoms with E-state index in [2.05, 4.69) is 9.46 Å². The van der Waals surface area contributed by atoms with Crippen LogP contribution in [0.15, 0.2) is 41.8 Å². The SMILES string of the molecule is COC(=O)c1sccc1NS(=O)(=O)CCc1ccccc1. The number of thiophene rings is 1. The molecule has 21 heavy (non-hydrogen) atoms. The predicted octanol–water partition coefficient (Wildman–Crippen LogP) is 2.52. The zero-order chi connectivity index (χ0) is 15.3. The molecule has 0 radical (unpaired) electrons. The first-order valence-corrected chi connectivity index (χ1v) is 8.75. The van der Waals surface area contributed by atoms with Gasteiger partial charge in [-0.1, -0.05) is 30.3 Å². The molecule has 0 saturated heterocycles. The Morgan fingerprint density at radius 2 is 1.95 bits per heavy atom. The second kappa shape index (κ2) is 6.73. The van der Waals surface area contributed by atoms with Gasteiger partial charge in [-0.15, -0.1) is 11.3 Å². The van der Waals surface area contributed by atoms with Crippen LogP contribution in [0.3, 0.4) is 0 Å². The zero-order valence-corrected chi connectivity index (χ0v) is 13.0. The molecule has 0 aliphatic carbocycles. The van der Waals surface area contributed by atoms with E-state index in [1.165, 1.54) is 7.11 Å². The van der Waals surface area contributed by atoms with Crippen molar-refractivity contribution in [2.45, 2.75) is 6.42 Å². The summed E-state index contributed by atoms with van der Waals surface area (Å²) < 4.78 is 31.2. The molecule has 0 fully saturated rings. The second-order valence-electron chi connectivity index (χ2n) is 4.31. The van der Waals surface area contributed by atoms with Crippen molar-refractivity contribution in [3.63, 3.8) is 0 Å². The zero-order valence-electron chi connectivity index (χ0n) is 11.4. The van der Waals surface area contributed by atoms with Crippen LogP contribution in [0.1, 0.15) is 15.2 Å². The molecule has 112 valence electrons. The molecule has 1 heterocycles. The summed E-state index contributed by atoms with van der Waals surface area (Å²) in [4.78, 5) is 11.8. The molecule has 0 bridgehead atoms. The van der Waals surface area contributed by atoms with Crippen molar-refractivity contribution in [2.75, 3.05) is 17.6 Å². The molecule has 0 atom stereocenters. The van der Waals surface area contributed by atoms with Gasteiger partial charge >= 0.3 is 5.97 Å². The van der Waals surface area contributed by atoms with E-state index in [9.17, 15) is 13.2 Å². The molecule has 1 N–H and O–H groups in total. The molecule has 0 spiro atoms. The number of sulfonamides is 1. The Morgan fingerprint density at radius 3 is 2.62 bits per heavy atom. The Morgan fingerprint density at radius 1 is 1.24 bits per heavy atom. The molecule has 0 aliphatic heterocycles. The van der Waals surface area contributed by atoms with Crippen molar-refractivity contribution in [1.82, 2.24) is 0 Å². The fourth-order valence-electron chi connectivity index (χ4n) is 1.76. The molecule has 0 saturated carbocycles. The number of carbonyl (C=O) groups excluding carboxylic acids is 1. The van der Waals surface area contributed by atoms with Crippen LogP contribution in [0, 0.1) is 0 Å². The largest absolute Gasteiger partial charge is 0.465 e. The molecular weight excluding hydrogens is 310 g/mol. The fraction of sp³-hybridized carbons (Fsp3) is 0.214. The number of ether oxygens (including phenoxy) is 1. The minimum atomic E-state index is -3.52. The average molecular weight is 325 g/mol. The molecule has 2 rings (SSSR count). The van der Waals surface area contributed by atoms with Crippen LogP contribution in [-0.2, 0) is 21.2 Å². The van der Waals surface area contributed by atoms with Gasteiger partial charge in [0, 0.05) is 0 Å². The highest BCUT2D eigenvalue weighted by molar-refractivity contribution is 7.92. The number of rotatable bonds is 6. The van der Waals surface area contributed by atoms with Crippen molar-refractivity contribution >= 4 is 33.0 Å². The number of methoxy groups -OCH3 is 1. The van der Waals surface area contributed by atoms with Gasteiger partial charge in [-0.2, -0.15) is 0 Å². The maximum atomic E-state index is 12.1. The highest BCUT2D eigenvalue weighted by atomic mass is 32.2. The summed E-state index contributed by atoms with van der Waals surface area (Å²) in [6.45, 7) is 0. The van der Waals surface area contributed by atoms with E-state index >= 15 is 0 Å². The van der Waals surface area contributed by atoms with E-state index in [-0.39, 0.29) is 16.3 Å². The predicted molar refractivity (Wildman–Crippen MR) is 83.2 cm³/mol. The Hall–Kier alpha value is -1.86. The summed E-state index contributed by atoms with van der Waals surface area (Å²) in [6.07, 6.45) is 0.411. The number of hydrogen-bond donors (Lipinski definition) is 1. The average Bonchev–Trinajstić information content (AvgIpc) is 2.93. The quantitative estimate of drug-likeness (QED) is 0.828. The molecule has 0 amide bonds. The molecule has 0 aliphatic rings. The van der Waals surface area contributed by atoms with Crippen LogP contribution in [0.2, 0.25) is 0 Å². The van der Waals surface area contributed by atoms with Crippen LogP contribution in [0.4, 0.5) is 5.69 Å². The Bertz CT molecular complexity index is 708. The van der Waals surface area contributed by atoms with Crippen LogP contribution >= 0.6 is 11.3 Å². The molecule has 1 aromatic heterocycles. The number of benzene rings is 1. The Kier molecular flexibility index (Phi) is 4.98. The first-order chi connectivity index (χ1) is 10.0. The number of anilines is 1. The number of esters is 1. The van der Waals surface area contributed by atoms with Crippen molar-refractivity contribution in [2.24, 2.45) is 0 Å². The van der Waals surface area contributed by atoms with Crippen molar-refractivity contribution in [1.29, 1.82) is 0 Å². The Labute approximate surface area is 127 Å². The summed E-state index contributed by atoms with van der Waals surface area (Å²) in [6, 6.07) is 10.9. The lowest BCUT2D eigenvalue weighted by Crippen LogP contribution is -2.19. The van der Waals surface area contributed by atoms with Crippen LogP contribution in [0.5, 0.6) is 0 Å².